The number of unbranched alkanes of at least 4 members (excludes halogenated alkanes) is 1. The Morgan fingerprint density at radius 3 is 2.00 bits per heavy atom. The predicted molar refractivity (Wildman–Crippen MR) is 60.8 cm³/mol. The van der Waals surface area contributed by atoms with Crippen molar-refractivity contribution in [1.29, 1.82) is 0 Å². The Balaban J connectivity index is 0.000000310. The Morgan fingerprint density at radius 2 is 1.77 bits per heavy atom. The molecular weight excluding hydrogens is 158 g/mol. The van der Waals surface area contributed by atoms with E-state index in [1.165, 1.54) is 38.5 Å². The van der Waals surface area contributed by atoms with E-state index >= 15 is 0 Å². The molecule has 1 aliphatic rings. The molecule has 2 atom stereocenters. The van der Waals surface area contributed by atoms with Crippen LogP contribution in [0.3, 0.4) is 0 Å². The fourth-order valence-corrected chi connectivity index (χ4v) is 1.53. The van der Waals surface area contributed by atoms with Crippen LogP contribution in [0.2, 0.25) is 0 Å². The smallest absolute Gasteiger partial charge is 0.0151 e. The average molecular weight is 185 g/mol. The summed E-state index contributed by atoms with van der Waals surface area (Å²) < 4.78 is 0. The van der Waals surface area contributed by atoms with E-state index in [9.17, 15) is 0 Å². The molecule has 1 rings (SSSR count). The highest BCUT2D eigenvalue weighted by atomic mass is 14.7. The molecule has 0 spiro atoms. The van der Waals surface area contributed by atoms with Gasteiger partial charge in [-0.15, -0.1) is 0 Å². The standard InChI is InChI=1S/C8H17N.C4H10/c1-7-5-3-4-6-8(7,2)9;1-3-4-2/h7H,3-6,9H2,1-2H3;3-4H2,1-2H3. The van der Waals surface area contributed by atoms with Crippen molar-refractivity contribution in [3.05, 3.63) is 0 Å². The van der Waals surface area contributed by atoms with E-state index in [2.05, 4.69) is 27.7 Å². The van der Waals surface area contributed by atoms with E-state index in [4.69, 9.17) is 5.73 Å². The van der Waals surface area contributed by atoms with Crippen LogP contribution in [-0.2, 0) is 0 Å². The molecule has 0 saturated heterocycles. The molecule has 0 aliphatic heterocycles. The molecule has 0 bridgehead atoms. The maximum Gasteiger partial charge on any atom is 0.0151 e. The minimum absolute atomic E-state index is 0.137. The largest absolute Gasteiger partial charge is 0.325 e. The molecule has 1 heteroatoms. The first-order chi connectivity index (χ1) is 6.04. The van der Waals surface area contributed by atoms with Crippen molar-refractivity contribution >= 4 is 0 Å². The monoisotopic (exact) mass is 185 g/mol. The second-order valence-electron chi connectivity index (χ2n) is 4.65. The van der Waals surface area contributed by atoms with Crippen LogP contribution in [0.5, 0.6) is 0 Å². The molecule has 2 unspecified atom stereocenters. The zero-order chi connectivity index (χ0) is 10.3. The van der Waals surface area contributed by atoms with Gasteiger partial charge in [-0.05, 0) is 25.7 Å². The van der Waals surface area contributed by atoms with Crippen LogP contribution >= 0.6 is 0 Å². The second kappa shape index (κ2) is 6.42. The maximum atomic E-state index is 6.02. The first-order valence-corrected chi connectivity index (χ1v) is 5.83. The highest BCUT2D eigenvalue weighted by molar-refractivity contribution is 4.87. The Bertz CT molecular complexity index is 116. The van der Waals surface area contributed by atoms with E-state index in [0.717, 1.165) is 5.92 Å². The fraction of sp³-hybridized carbons (Fsp3) is 1.00. The van der Waals surface area contributed by atoms with Gasteiger partial charge >= 0.3 is 0 Å². The molecule has 1 aliphatic carbocycles. The lowest BCUT2D eigenvalue weighted by atomic mass is 9.76. The van der Waals surface area contributed by atoms with Crippen molar-refractivity contribution < 1.29 is 0 Å². The van der Waals surface area contributed by atoms with Crippen LogP contribution in [0.15, 0.2) is 0 Å². The molecule has 1 nitrogen and oxygen atoms in total. The Morgan fingerprint density at radius 1 is 1.23 bits per heavy atom. The summed E-state index contributed by atoms with van der Waals surface area (Å²) in [7, 11) is 0. The van der Waals surface area contributed by atoms with Crippen molar-refractivity contribution in [1.82, 2.24) is 0 Å². The molecule has 2 N–H and O–H groups in total. The summed E-state index contributed by atoms with van der Waals surface area (Å²) in [5, 5.41) is 0. The van der Waals surface area contributed by atoms with E-state index in [1.54, 1.807) is 0 Å². The Labute approximate surface area is 84.1 Å². The van der Waals surface area contributed by atoms with Crippen LogP contribution in [0.4, 0.5) is 0 Å². The van der Waals surface area contributed by atoms with Crippen LogP contribution in [-0.4, -0.2) is 5.54 Å². The topological polar surface area (TPSA) is 26.0 Å². The van der Waals surface area contributed by atoms with Crippen LogP contribution in [0, 0.1) is 5.92 Å². The third-order valence-corrected chi connectivity index (χ3v) is 3.23. The number of nitrogens with two attached hydrogens (primary N) is 1. The van der Waals surface area contributed by atoms with E-state index in [-0.39, 0.29) is 5.54 Å². The molecule has 0 radical (unpaired) electrons. The van der Waals surface area contributed by atoms with Gasteiger partial charge < -0.3 is 5.73 Å². The molecule has 0 aromatic heterocycles. The van der Waals surface area contributed by atoms with Gasteiger partial charge in [-0.3, -0.25) is 0 Å². The fourth-order valence-electron chi connectivity index (χ4n) is 1.53. The molecule has 1 saturated carbocycles. The SMILES string of the molecule is CC1CCCCC1(C)N.CCCC. The number of rotatable bonds is 1. The summed E-state index contributed by atoms with van der Waals surface area (Å²) in [5.74, 6) is 0.728. The summed E-state index contributed by atoms with van der Waals surface area (Å²) in [6.45, 7) is 8.80. The lowest BCUT2D eigenvalue weighted by Crippen LogP contribution is -2.44. The highest BCUT2D eigenvalue weighted by Crippen LogP contribution is 2.30. The molecule has 80 valence electrons. The summed E-state index contributed by atoms with van der Waals surface area (Å²) in [4.78, 5) is 0. The minimum Gasteiger partial charge on any atom is -0.325 e. The highest BCUT2D eigenvalue weighted by Gasteiger charge is 2.28. The van der Waals surface area contributed by atoms with Crippen molar-refractivity contribution in [2.75, 3.05) is 0 Å². The number of hydrogen-bond donors (Lipinski definition) is 1. The third kappa shape index (κ3) is 5.30. The molecule has 0 amide bonds. The van der Waals surface area contributed by atoms with Crippen molar-refractivity contribution in [2.45, 2.75) is 71.8 Å². The van der Waals surface area contributed by atoms with Crippen LogP contribution in [0.1, 0.15) is 66.2 Å². The van der Waals surface area contributed by atoms with Gasteiger partial charge in [-0.2, -0.15) is 0 Å². The van der Waals surface area contributed by atoms with Crippen molar-refractivity contribution in [3.63, 3.8) is 0 Å². The van der Waals surface area contributed by atoms with Crippen LogP contribution in [0.25, 0.3) is 0 Å². The van der Waals surface area contributed by atoms with E-state index < -0.39 is 0 Å². The zero-order valence-corrected chi connectivity index (χ0v) is 9.90. The Kier molecular flexibility index (Phi) is 6.40. The second-order valence-corrected chi connectivity index (χ2v) is 4.65. The predicted octanol–water partition coefficient (Wildman–Crippen LogP) is 3.72. The normalized spacial score (nSPS) is 33.5. The maximum absolute atomic E-state index is 6.02. The van der Waals surface area contributed by atoms with Gasteiger partial charge in [0.05, 0.1) is 0 Å². The first-order valence-electron chi connectivity index (χ1n) is 5.83. The summed E-state index contributed by atoms with van der Waals surface area (Å²) in [6.07, 6.45) is 7.90. The number of hydrogen-bond acceptors (Lipinski definition) is 1. The molecule has 13 heavy (non-hydrogen) atoms. The zero-order valence-electron chi connectivity index (χ0n) is 9.90. The van der Waals surface area contributed by atoms with E-state index in [0.29, 0.717) is 0 Å². The van der Waals surface area contributed by atoms with E-state index in [1.807, 2.05) is 0 Å². The van der Waals surface area contributed by atoms with Gasteiger partial charge in [-0.25, -0.2) is 0 Å². The molecule has 1 fully saturated rings. The van der Waals surface area contributed by atoms with Crippen molar-refractivity contribution in [3.8, 4) is 0 Å². The lowest BCUT2D eigenvalue weighted by Gasteiger charge is -2.35. The van der Waals surface area contributed by atoms with Gasteiger partial charge in [0.2, 0.25) is 0 Å². The third-order valence-electron chi connectivity index (χ3n) is 3.23. The summed E-state index contributed by atoms with van der Waals surface area (Å²) in [5.41, 5.74) is 6.16. The average Bonchev–Trinajstić information content (AvgIpc) is 2.11. The lowest BCUT2D eigenvalue weighted by molar-refractivity contribution is 0.226. The molecule has 0 aromatic carbocycles. The van der Waals surface area contributed by atoms with Gasteiger partial charge in [-0.1, -0.05) is 46.5 Å². The Hall–Kier alpha value is -0.0400. The molecule has 0 heterocycles. The van der Waals surface area contributed by atoms with Gasteiger partial charge in [0, 0.05) is 5.54 Å². The van der Waals surface area contributed by atoms with Gasteiger partial charge in [0.1, 0.15) is 0 Å². The molecule has 0 aromatic rings. The molecular formula is C12H27N. The summed E-state index contributed by atoms with van der Waals surface area (Å²) in [6, 6.07) is 0. The van der Waals surface area contributed by atoms with Crippen molar-refractivity contribution in [2.24, 2.45) is 11.7 Å². The summed E-state index contributed by atoms with van der Waals surface area (Å²) >= 11 is 0. The van der Waals surface area contributed by atoms with Crippen LogP contribution < -0.4 is 5.73 Å². The van der Waals surface area contributed by atoms with Gasteiger partial charge in [0.25, 0.3) is 0 Å². The quantitative estimate of drug-likeness (QED) is 0.662. The first kappa shape index (κ1) is 13.0. The van der Waals surface area contributed by atoms with Gasteiger partial charge in [0.15, 0.2) is 0 Å². The minimum atomic E-state index is 0.137.